The lowest BCUT2D eigenvalue weighted by atomic mass is 10.1. The van der Waals surface area contributed by atoms with Crippen LogP contribution < -0.4 is 10.1 Å². The zero-order chi connectivity index (χ0) is 19.4. The summed E-state index contributed by atoms with van der Waals surface area (Å²) in [6.07, 6.45) is -0.682. The highest BCUT2D eigenvalue weighted by Gasteiger charge is 2.21. The molecule has 0 saturated heterocycles. The van der Waals surface area contributed by atoms with E-state index in [0.717, 1.165) is 5.56 Å². The fraction of sp³-hybridized carbons (Fsp3) is 0.200. The van der Waals surface area contributed by atoms with E-state index in [1.807, 2.05) is 6.07 Å². The number of nitriles is 1. The Morgan fingerprint density at radius 3 is 2.67 bits per heavy atom. The van der Waals surface area contributed by atoms with E-state index >= 15 is 0 Å². The van der Waals surface area contributed by atoms with Gasteiger partial charge >= 0.3 is 5.97 Å². The van der Waals surface area contributed by atoms with Gasteiger partial charge in [0.25, 0.3) is 0 Å². The van der Waals surface area contributed by atoms with Crippen molar-refractivity contribution >= 4 is 23.3 Å². The summed E-state index contributed by atoms with van der Waals surface area (Å²) in [5, 5.41) is 11.5. The molecule has 7 heteroatoms. The highest BCUT2D eigenvalue weighted by molar-refractivity contribution is 6.02. The number of Topliss-reactive ketones (excluding diaryl/α,β-unsaturated/α-hetero) is 1. The Kier molecular flexibility index (Phi) is 5.18. The third kappa shape index (κ3) is 4.30. The summed E-state index contributed by atoms with van der Waals surface area (Å²) in [4.78, 5) is 35.6. The molecule has 0 unspecified atom stereocenters. The molecule has 0 radical (unpaired) electrons. The molecule has 3 rings (SSSR count). The molecule has 0 saturated carbocycles. The van der Waals surface area contributed by atoms with Crippen LogP contribution in [0.5, 0.6) is 5.75 Å². The molecule has 0 aromatic heterocycles. The van der Waals surface area contributed by atoms with Crippen LogP contribution in [-0.4, -0.2) is 30.4 Å². The van der Waals surface area contributed by atoms with Gasteiger partial charge in [-0.2, -0.15) is 5.26 Å². The summed E-state index contributed by atoms with van der Waals surface area (Å²) >= 11 is 0. The first-order valence-electron chi connectivity index (χ1n) is 8.25. The van der Waals surface area contributed by atoms with Gasteiger partial charge in [0.15, 0.2) is 18.5 Å². The number of hydrogen-bond donors (Lipinski definition) is 1. The number of esters is 1. The first-order valence-corrected chi connectivity index (χ1v) is 8.25. The lowest BCUT2D eigenvalue weighted by Gasteiger charge is -2.14. The number of ketones is 1. The van der Waals surface area contributed by atoms with Gasteiger partial charge in [0.1, 0.15) is 5.75 Å². The molecule has 2 aromatic rings. The van der Waals surface area contributed by atoms with E-state index in [1.54, 1.807) is 42.5 Å². The minimum atomic E-state index is -0.910. The third-order valence-electron chi connectivity index (χ3n) is 4.03. The highest BCUT2D eigenvalue weighted by Crippen LogP contribution is 2.24. The minimum absolute atomic E-state index is 0.116. The maximum absolute atomic E-state index is 12.2. The second-order valence-corrected chi connectivity index (χ2v) is 6.02. The average molecular weight is 364 g/mol. The van der Waals surface area contributed by atoms with Gasteiger partial charge in [-0.1, -0.05) is 0 Å². The van der Waals surface area contributed by atoms with Crippen LogP contribution in [0.15, 0.2) is 42.5 Å². The van der Waals surface area contributed by atoms with Crippen molar-refractivity contribution in [2.45, 2.75) is 19.4 Å². The van der Waals surface area contributed by atoms with Gasteiger partial charge in [-0.25, -0.2) is 4.79 Å². The normalized spacial score (nSPS) is 13.1. The van der Waals surface area contributed by atoms with E-state index < -0.39 is 18.7 Å². The second-order valence-electron chi connectivity index (χ2n) is 6.02. The van der Waals surface area contributed by atoms with E-state index in [-0.39, 0.29) is 18.1 Å². The van der Waals surface area contributed by atoms with Crippen molar-refractivity contribution in [1.82, 2.24) is 0 Å². The molecule has 1 amide bonds. The highest BCUT2D eigenvalue weighted by atomic mass is 16.6. The van der Waals surface area contributed by atoms with Gasteiger partial charge in [0.05, 0.1) is 18.1 Å². The topological polar surface area (TPSA) is 105 Å². The maximum atomic E-state index is 12.2. The number of carbonyl (C=O) groups is 3. The molecular formula is C20H16N2O5. The first-order chi connectivity index (χ1) is 13.0. The second kappa shape index (κ2) is 7.70. The van der Waals surface area contributed by atoms with Gasteiger partial charge < -0.3 is 14.8 Å². The molecule has 136 valence electrons. The fourth-order valence-corrected chi connectivity index (χ4v) is 2.60. The summed E-state index contributed by atoms with van der Waals surface area (Å²) in [5.41, 5.74) is 2.29. The molecule has 27 heavy (non-hydrogen) atoms. The van der Waals surface area contributed by atoms with E-state index in [4.69, 9.17) is 14.7 Å². The summed E-state index contributed by atoms with van der Waals surface area (Å²) in [6, 6.07) is 13.2. The molecule has 0 aliphatic carbocycles. The zero-order valence-electron chi connectivity index (χ0n) is 14.5. The number of nitrogens with one attached hydrogen (secondary N) is 1. The molecule has 7 nitrogen and oxygen atoms in total. The van der Waals surface area contributed by atoms with Crippen LogP contribution in [0.2, 0.25) is 0 Å². The molecule has 2 aromatic carbocycles. The van der Waals surface area contributed by atoms with Crippen LogP contribution in [0.4, 0.5) is 5.69 Å². The quantitative estimate of drug-likeness (QED) is 0.622. The van der Waals surface area contributed by atoms with E-state index in [2.05, 4.69) is 5.32 Å². The average Bonchev–Trinajstić information content (AvgIpc) is 3.05. The largest absolute Gasteiger partial charge is 0.479 e. The summed E-state index contributed by atoms with van der Waals surface area (Å²) in [5.74, 6) is -0.739. The number of amides is 1. The first kappa shape index (κ1) is 18.1. The van der Waals surface area contributed by atoms with E-state index in [9.17, 15) is 14.4 Å². The third-order valence-corrected chi connectivity index (χ3v) is 4.03. The van der Waals surface area contributed by atoms with Gasteiger partial charge in [0.2, 0.25) is 5.91 Å². The van der Waals surface area contributed by atoms with Gasteiger partial charge in [-0.15, -0.1) is 0 Å². The minimum Gasteiger partial charge on any atom is -0.479 e. The molecule has 0 bridgehead atoms. The van der Waals surface area contributed by atoms with Crippen LogP contribution in [0.3, 0.4) is 0 Å². The van der Waals surface area contributed by atoms with Gasteiger partial charge in [-0.3, -0.25) is 9.59 Å². The maximum Gasteiger partial charge on any atom is 0.347 e. The monoisotopic (exact) mass is 364 g/mol. The SMILES string of the molecule is C[C@H](Oc1ccc(C#N)cc1)C(=O)OCC(=O)c1ccc2c(c1)CC(=O)N2. The summed E-state index contributed by atoms with van der Waals surface area (Å²) < 4.78 is 10.5. The molecule has 0 fully saturated rings. The molecule has 1 N–H and O–H groups in total. The fourth-order valence-electron chi connectivity index (χ4n) is 2.60. The van der Waals surface area contributed by atoms with Gasteiger partial charge in [0, 0.05) is 11.3 Å². The number of rotatable bonds is 6. The lowest BCUT2D eigenvalue weighted by Crippen LogP contribution is -2.28. The Morgan fingerprint density at radius 2 is 1.96 bits per heavy atom. The number of hydrogen-bond acceptors (Lipinski definition) is 6. The lowest BCUT2D eigenvalue weighted by molar-refractivity contribution is -0.149. The molecule has 1 atom stereocenters. The van der Waals surface area contributed by atoms with Crippen LogP contribution in [-0.2, 0) is 20.7 Å². The van der Waals surface area contributed by atoms with Crippen LogP contribution in [0.1, 0.15) is 28.4 Å². The number of carbonyl (C=O) groups excluding carboxylic acids is 3. The summed E-state index contributed by atoms with van der Waals surface area (Å²) in [7, 11) is 0. The summed E-state index contributed by atoms with van der Waals surface area (Å²) in [6.45, 7) is 1.09. The van der Waals surface area contributed by atoms with Crippen molar-refractivity contribution < 1.29 is 23.9 Å². The Morgan fingerprint density at radius 1 is 1.22 bits per heavy atom. The number of nitrogens with zero attached hydrogens (tertiary/aromatic N) is 1. The molecule has 1 aliphatic rings. The number of ether oxygens (including phenoxy) is 2. The Balaban J connectivity index is 1.53. The number of anilines is 1. The van der Waals surface area contributed by atoms with Crippen LogP contribution in [0, 0.1) is 11.3 Å². The Labute approximate surface area is 155 Å². The predicted octanol–water partition coefficient (Wildman–Crippen LogP) is 2.25. The van der Waals surface area contributed by atoms with E-state index in [0.29, 0.717) is 22.6 Å². The standard InChI is InChI=1S/C20H16N2O5/c1-12(27-16-5-2-13(10-21)3-6-16)20(25)26-11-18(23)14-4-7-17-15(8-14)9-19(24)22-17/h2-8,12H,9,11H2,1H3,(H,22,24)/t12-/m0/s1. The van der Waals surface area contributed by atoms with Crippen LogP contribution in [0.25, 0.3) is 0 Å². The van der Waals surface area contributed by atoms with Crippen molar-refractivity contribution in [3.63, 3.8) is 0 Å². The van der Waals surface area contributed by atoms with Crippen molar-refractivity contribution in [3.05, 3.63) is 59.2 Å². The molecular weight excluding hydrogens is 348 g/mol. The molecule has 1 heterocycles. The Hall–Kier alpha value is -3.66. The predicted molar refractivity (Wildman–Crippen MR) is 95.3 cm³/mol. The Bertz CT molecular complexity index is 944. The van der Waals surface area contributed by atoms with Crippen molar-refractivity contribution in [3.8, 4) is 11.8 Å². The number of fused-ring (bicyclic) bond motifs is 1. The number of benzene rings is 2. The van der Waals surface area contributed by atoms with E-state index in [1.165, 1.54) is 6.92 Å². The zero-order valence-corrected chi connectivity index (χ0v) is 14.5. The molecule has 1 aliphatic heterocycles. The smallest absolute Gasteiger partial charge is 0.347 e. The van der Waals surface area contributed by atoms with Crippen molar-refractivity contribution in [2.75, 3.05) is 11.9 Å². The van der Waals surface area contributed by atoms with Crippen molar-refractivity contribution in [1.29, 1.82) is 5.26 Å². The van der Waals surface area contributed by atoms with Crippen LogP contribution >= 0.6 is 0 Å². The molecule has 0 spiro atoms. The van der Waals surface area contributed by atoms with Crippen molar-refractivity contribution in [2.24, 2.45) is 0 Å². The van der Waals surface area contributed by atoms with Gasteiger partial charge in [-0.05, 0) is 55.0 Å².